The minimum atomic E-state index is -4.65. The van der Waals surface area contributed by atoms with Gasteiger partial charge in [-0.25, -0.2) is 0 Å². The Morgan fingerprint density at radius 2 is 1.87 bits per heavy atom. The Hall–Kier alpha value is -2.88. The summed E-state index contributed by atoms with van der Waals surface area (Å²) in [5, 5.41) is 11.3. The van der Waals surface area contributed by atoms with Crippen molar-refractivity contribution >= 4 is 29.0 Å². The van der Waals surface area contributed by atoms with E-state index in [0.29, 0.717) is 41.3 Å². The number of carbonyl (C=O) groups excluding carboxylic acids is 1. The van der Waals surface area contributed by atoms with Gasteiger partial charge < -0.3 is 9.64 Å². The Morgan fingerprint density at radius 3 is 2.57 bits per heavy atom. The van der Waals surface area contributed by atoms with Crippen LogP contribution in [-0.4, -0.2) is 38.9 Å². The molecule has 30 heavy (non-hydrogen) atoms. The number of carbonyl (C=O) groups is 1. The molecule has 0 unspecified atom stereocenters. The van der Waals surface area contributed by atoms with Crippen LogP contribution in [0.4, 0.5) is 19.0 Å². The minimum Gasteiger partial charge on any atom is -0.461 e. The zero-order valence-corrected chi connectivity index (χ0v) is 16.4. The highest BCUT2D eigenvalue weighted by Crippen LogP contribution is 2.29. The number of rotatable bonds is 4. The molecule has 1 aliphatic rings. The van der Waals surface area contributed by atoms with Gasteiger partial charge in [0.1, 0.15) is 12.4 Å². The summed E-state index contributed by atoms with van der Waals surface area (Å²) < 4.78 is 45.2. The number of hydrogen-bond acceptors (Lipinski definition) is 6. The standard InChI is InChI=1S/C19H17ClF3N5O2/c20-14-4-2-1-3-13(14)11-30-17(29)12-7-9-27(10-8-12)16-6-5-15-24-25-18(19(21,22)23)28(15)26-16/h1-6,12H,7-11H2. The summed E-state index contributed by atoms with van der Waals surface area (Å²) in [6, 6.07) is 10.2. The van der Waals surface area contributed by atoms with Gasteiger partial charge in [-0.1, -0.05) is 29.8 Å². The first-order valence-electron chi connectivity index (χ1n) is 9.27. The molecule has 0 radical (unpaired) electrons. The topological polar surface area (TPSA) is 72.6 Å². The number of benzene rings is 1. The number of alkyl halides is 3. The lowest BCUT2D eigenvalue weighted by Gasteiger charge is -2.31. The van der Waals surface area contributed by atoms with Gasteiger partial charge in [0.2, 0.25) is 0 Å². The van der Waals surface area contributed by atoms with E-state index in [0.717, 1.165) is 5.56 Å². The van der Waals surface area contributed by atoms with Gasteiger partial charge in [0.25, 0.3) is 5.82 Å². The van der Waals surface area contributed by atoms with Crippen molar-refractivity contribution in [1.82, 2.24) is 19.8 Å². The van der Waals surface area contributed by atoms with E-state index in [1.807, 2.05) is 11.0 Å². The van der Waals surface area contributed by atoms with Gasteiger partial charge in [-0.15, -0.1) is 15.3 Å². The number of hydrogen-bond donors (Lipinski definition) is 0. The minimum absolute atomic E-state index is 0.0177. The van der Waals surface area contributed by atoms with E-state index < -0.39 is 12.0 Å². The number of piperidine rings is 1. The number of halogens is 4. The molecule has 1 aliphatic heterocycles. The van der Waals surface area contributed by atoms with Crippen LogP contribution < -0.4 is 4.90 Å². The summed E-state index contributed by atoms with van der Waals surface area (Å²) >= 11 is 6.07. The molecule has 0 aliphatic carbocycles. The molecule has 3 heterocycles. The van der Waals surface area contributed by atoms with E-state index >= 15 is 0 Å². The van der Waals surface area contributed by atoms with Crippen LogP contribution in [0.2, 0.25) is 5.02 Å². The van der Waals surface area contributed by atoms with E-state index in [1.54, 1.807) is 24.3 Å². The maximum Gasteiger partial charge on any atom is 0.453 e. The molecule has 0 bridgehead atoms. The summed E-state index contributed by atoms with van der Waals surface area (Å²) in [4.78, 5) is 14.2. The van der Waals surface area contributed by atoms with E-state index in [2.05, 4.69) is 15.3 Å². The number of anilines is 1. The van der Waals surface area contributed by atoms with Crippen LogP contribution in [-0.2, 0) is 22.3 Å². The molecule has 7 nitrogen and oxygen atoms in total. The van der Waals surface area contributed by atoms with E-state index in [1.165, 1.54) is 6.07 Å². The molecule has 1 aromatic carbocycles. The Labute approximate surface area is 174 Å². The first kappa shape index (κ1) is 20.4. The predicted octanol–water partition coefficient (Wildman–Crippen LogP) is 3.76. The van der Waals surface area contributed by atoms with E-state index in [9.17, 15) is 18.0 Å². The Morgan fingerprint density at radius 1 is 1.13 bits per heavy atom. The van der Waals surface area contributed by atoms with Crippen LogP contribution in [0.25, 0.3) is 5.65 Å². The zero-order valence-electron chi connectivity index (χ0n) is 15.6. The highest BCUT2D eigenvalue weighted by Gasteiger charge is 2.38. The monoisotopic (exact) mass is 439 g/mol. The average molecular weight is 440 g/mol. The zero-order chi connectivity index (χ0) is 21.3. The molecule has 0 spiro atoms. The maximum atomic E-state index is 13.0. The molecule has 0 N–H and O–H groups in total. The summed E-state index contributed by atoms with van der Waals surface area (Å²) in [6.07, 6.45) is -3.63. The fraction of sp³-hybridized carbons (Fsp3) is 0.368. The Balaban J connectivity index is 1.38. The maximum absolute atomic E-state index is 13.0. The van der Waals surface area contributed by atoms with Gasteiger partial charge >= 0.3 is 12.1 Å². The van der Waals surface area contributed by atoms with Crippen LogP contribution in [0.3, 0.4) is 0 Å². The van der Waals surface area contributed by atoms with Crippen molar-refractivity contribution in [3.8, 4) is 0 Å². The molecule has 0 amide bonds. The Bertz CT molecular complexity index is 1060. The van der Waals surface area contributed by atoms with Gasteiger partial charge in [0.05, 0.1) is 5.92 Å². The first-order valence-corrected chi connectivity index (χ1v) is 9.65. The first-order chi connectivity index (χ1) is 14.3. The van der Waals surface area contributed by atoms with Crippen molar-refractivity contribution in [3.05, 3.63) is 52.8 Å². The third kappa shape index (κ3) is 4.18. The number of fused-ring (bicyclic) bond motifs is 1. The lowest BCUT2D eigenvalue weighted by Crippen LogP contribution is -2.37. The Kier molecular flexibility index (Phi) is 5.50. The second-order valence-corrected chi connectivity index (χ2v) is 7.35. The SMILES string of the molecule is O=C(OCc1ccccc1Cl)C1CCN(c2ccc3nnc(C(F)(F)F)n3n2)CC1. The largest absolute Gasteiger partial charge is 0.461 e. The highest BCUT2D eigenvalue weighted by atomic mass is 35.5. The molecule has 1 saturated heterocycles. The predicted molar refractivity (Wildman–Crippen MR) is 102 cm³/mol. The summed E-state index contributed by atoms with van der Waals surface area (Å²) in [7, 11) is 0. The van der Waals surface area contributed by atoms with Crippen LogP contribution in [0.1, 0.15) is 24.2 Å². The lowest BCUT2D eigenvalue weighted by molar-refractivity contribution is -0.150. The van der Waals surface area contributed by atoms with Crippen LogP contribution in [0.15, 0.2) is 36.4 Å². The van der Waals surface area contributed by atoms with E-state index in [-0.39, 0.29) is 24.1 Å². The van der Waals surface area contributed by atoms with Crippen molar-refractivity contribution in [1.29, 1.82) is 0 Å². The fourth-order valence-electron chi connectivity index (χ4n) is 3.35. The average Bonchev–Trinajstić information content (AvgIpc) is 3.17. The summed E-state index contributed by atoms with van der Waals surface area (Å²) in [5.74, 6) is -1.39. The van der Waals surface area contributed by atoms with Crippen LogP contribution >= 0.6 is 11.6 Å². The number of aromatic nitrogens is 4. The lowest BCUT2D eigenvalue weighted by atomic mass is 9.97. The van der Waals surface area contributed by atoms with Gasteiger partial charge in [0.15, 0.2) is 5.65 Å². The van der Waals surface area contributed by atoms with Crippen LogP contribution in [0.5, 0.6) is 0 Å². The molecule has 2 aromatic heterocycles. The van der Waals surface area contributed by atoms with Crippen molar-refractivity contribution in [2.24, 2.45) is 5.92 Å². The summed E-state index contributed by atoms with van der Waals surface area (Å²) in [6.45, 7) is 1.03. The number of esters is 1. The van der Waals surface area contributed by atoms with Gasteiger partial charge in [0, 0.05) is 23.7 Å². The molecule has 0 saturated carbocycles. The van der Waals surface area contributed by atoms with Crippen molar-refractivity contribution in [2.75, 3.05) is 18.0 Å². The second kappa shape index (κ2) is 8.10. The smallest absolute Gasteiger partial charge is 0.453 e. The molecule has 3 aromatic rings. The van der Waals surface area contributed by atoms with Crippen molar-refractivity contribution in [2.45, 2.75) is 25.6 Å². The number of nitrogens with zero attached hydrogens (tertiary/aromatic N) is 5. The molecule has 0 atom stereocenters. The third-order valence-corrected chi connectivity index (χ3v) is 5.35. The quantitative estimate of drug-likeness (QED) is 0.576. The van der Waals surface area contributed by atoms with Gasteiger partial charge in [-0.2, -0.15) is 17.7 Å². The van der Waals surface area contributed by atoms with Gasteiger partial charge in [-0.3, -0.25) is 4.79 Å². The normalized spacial score (nSPS) is 15.5. The fourth-order valence-corrected chi connectivity index (χ4v) is 3.54. The molecular formula is C19H17ClF3N5O2. The third-order valence-electron chi connectivity index (χ3n) is 4.98. The van der Waals surface area contributed by atoms with Crippen molar-refractivity contribution < 1.29 is 22.7 Å². The second-order valence-electron chi connectivity index (χ2n) is 6.94. The van der Waals surface area contributed by atoms with E-state index in [4.69, 9.17) is 16.3 Å². The molecule has 11 heteroatoms. The highest BCUT2D eigenvalue weighted by molar-refractivity contribution is 6.31. The molecule has 158 valence electrons. The summed E-state index contributed by atoms with van der Waals surface area (Å²) in [5.41, 5.74) is 0.751. The van der Waals surface area contributed by atoms with Gasteiger partial charge in [-0.05, 0) is 31.0 Å². The van der Waals surface area contributed by atoms with Crippen LogP contribution in [0, 0.1) is 5.92 Å². The molecule has 4 rings (SSSR count). The number of ether oxygens (including phenoxy) is 1. The molecular weight excluding hydrogens is 423 g/mol. The molecule has 1 fully saturated rings. The van der Waals surface area contributed by atoms with Crippen molar-refractivity contribution in [3.63, 3.8) is 0 Å².